The summed E-state index contributed by atoms with van der Waals surface area (Å²) in [6.07, 6.45) is 8.69. The summed E-state index contributed by atoms with van der Waals surface area (Å²) in [5, 5.41) is 12.0. The minimum absolute atomic E-state index is 0.0274. The van der Waals surface area contributed by atoms with E-state index in [1.807, 2.05) is 7.05 Å². The summed E-state index contributed by atoms with van der Waals surface area (Å²) in [6, 6.07) is 0. The summed E-state index contributed by atoms with van der Waals surface area (Å²) in [7, 11) is 1.85. The molecule has 0 bridgehead atoms. The molecule has 0 saturated heterocycles. The molecule has 5 nitrogen and oxygen atoms in total. The third-order valence-corrected chi connectivity index (χ3v) is 4.82. The van der Waals surface area contributed by atoms with E-state index in [4.69, 9.17) is 10.9 Å². The van der Waals surface area contributed by atoms with Gasteiger partial charge in [0.1, 0.15) is 5.41 Å². The molecule has 2 saturated carbocycles. The van der Waals surface area contributed by atoms with Gasteiger partial charge >= 0.3 is 0 Å². The predicted molar refractivity (Wildman–Crippen MR) is 73.9 cm³/mol. The number of nitrogens with zero attached hydrogens (tertiary/aromatic N) is 2. The van der Waals surface area contributed by atoms with Gasteiger partial charge < -0.3 is 15.8 Å². The van der Waals surface area contributed by atoms with Gasteiger partial charge in [-0.25, -0.2) is 0 Å². The molecule has 0 heterocycles. The van der Waals surface area contributed by atoms with Crippen LogP contribution in [-0.2, 0) is 4.79 Å². The third-order valence-electron chi connectivity index (χ3n) is 4.82. The highest BCUT2D eigenvalue weighted by molar-refractivity contribution is 6.07. The van der Waals surface area contributed by atoms with Gasteiger partial charge in [-0.2, -0.15) is 0 Å². The molecule has 3 N–H and O–H groups in total. The number of oxime groups is 1. The first-order valence-electron chi connectivity index (χ1n) is 7.34. The fraction of sp³-hybridized carbons (Fsp3) is 0.857. The van der Waals surface area contributed by atoms with Crippen molar-refractivity contribution < 1.29 is 10.0 Å². The molecule has 2 rings (SSSR count). The number of amidine groups is 1. The lowest BCUT2D eigenvalue weighted by Crippen LogP contribution is -2.55. The van der Waals surface area contributed by atoms with Crippen LogP contribution in [0.5, 0.6) is 0 Å². The van der Waals surface area contributed by atoms with Crippen LogP contribution < -0.4 is 5.73 Å². The van der Waals surface area contributed by atoms with Crippen LogP contribution in [-0.4, -0.2) is 35.4 Å². The average molecular weight is 267 g/mol. The minimum atomic E-state index is -0.724. The van der Waals surface area contributed by atoms with Crippen molar-refractivity contribution in [2.75, 3.05) is 13.6 Å². The van der Waals surface area contributed by atoms with Gasteiger partial charge in [-0.15, -0.1) is 0 Å². The van der Waals surface area contributed by atoms with Crippen molar-refractivity contribution in [3.8, 4) is 0 Å². The van der Waals surface area contributed by atoms with Crippen LogP contribution in [0.15, 0.2) is 5.16 Å². The first kappa shape index (κ1) is 14.2. The zero-order valence-electron chi connectivity index (χ0n) is 11.8. The molecule has 0 atom stereocenters. The van der Waals surface area contributed by atoms with Crippen LogP contribution in [0.2, 0.25) is 0 Å². The molecule has 0 unspecified atom stereocenters. The lowest BCUT2D eigenvalue weighted by Gasteiger charge is -2.42. The zero-order chi connectivity index (χ0) is 13.9. The van der Waals surface area contributed by atoms with Crippen LogP contribution in [0.25, 0.3) is 0 Å². The first-order chi connectivity index (χ1) is 9.10. The van der Waals surface area contributed by atoms with Crippen LogP contribution >= 0.6 is 0 Å². The topological polar surface area (TPSA) is 78.9 Å². The van der Waals surface area contributed by atoms with Gasteiger partial charge in [0.15, 0.2) is 5.84 Å². The molecule has 0 aromatic carbocycles. The van der Waals surface area contributed by atoms with E-state index in [0.717, 1.165) is 13.0 Å². The molecule has 19 heavy (non-hydrogen) atoms. The van der Waals surface area contributed by atoms with E-state index in [9.17, 15) is 4.79 Å². The minimum Gasteiger partial charge on any atom is -0.409 e. The third kappa shape index (κ3) is 2.69. The maximum atomic E-state index is 12.6. The second-order valence-electron chi connectivity index (χ2n) is 6.11. The van der Waals surface area contributed by atoms with E-state index in [0.29, 0.717) is 18.8 Å². The SMILES string of the molecule is CN(CC1CCCCC1)C(=O)C1(C(N)=NO)CCC1. The van der Waals surface area contributed by atoms with E-state index in [1.54, 1.807) is 4.90 Å². The molecule has 0 aromatic heterocycles. The van der Waals surface area contributed by atoms with Crippen LogP contribution in [0.3, 0.4) is 0 Å². The maximum Gasteiger partial charge on any atom is 0.236 e. The number of hydrogen-bond donors (Lipinski definition) is 2. The Morgan fingerprint density at radius 1 is 1.32 bits per heavy atom. The highest BCUT2D eigenvalue weighted by Gasteiger charge is 2.49. The Morgan fingerprint density at radius 3 is 2.42 bits per heavy atom. The number of hydrogen-bond acceptors (Lipinski definition) is 3. The van der Waals surface area contributed by atoms with E-state index in [2.05, 4.69) is 5.16 Å². The quantitative estimate of drug-likeness (QED) is 0.353. The molecular weight excluding hydrogens is 242 g/mol. The van der Waals surface area contributed by atoms with Gasteiger partial charge in [-0.3, -0.25) is 4.79 Å². The van der Waals surface area contributed by atoms with Crippen LogP contribution in [0.4, 0.5) is 0 Å². The molecule has 2 aliphatic rings. The lowest BCUT2D eigenvalue weighted by atomic mass is 9.66. The molecule has 0 aromatic rings. The van der Waals surface area contributed by atoms with Gasteiger partial charge in [0.05, 0.1) is 0 Å². The molecule has 0 aliphatic heterocycles. The number of carbonyl (C=O) groups is 1. The highest BCUT2D eigenvalue weighted by atomic mass is 16.4. The second kappa shape index (κ2) is 5.80. The van der Waals surface area contributed by atoms with Crippen molar-refractivity contribution in [1.29, 1.82) is 0 Å². The Morgan fingerprint density at radius 2 is 1.95 bits per heavy atom. The van der Waals surface area contributed by atoms with Crippen LogP contribution in [0, 0.1) is 11.3 Å². The molecular formula is C14H25N3O2. The number of nitrogens with two attached hydrogens (primary N) is 1. The fourth-order valence-electron chi connectivity index (χ4n) is 3.41. The average Bonchev–Trinajstić information content (AvgIpc) is 2.38. The Hall–Kier alpha value is -1.26. The van der Waals surface area contributed by atoms with Gasteiger partial charge in [-0.05, 0) is 31.6 Å². The summed E-state index contributed by atoms with van der Waals surface area (Å²) in [5.41, 5.74) is 5.01. The van der Waals surface area contributed by atoms with Gasteiger partial charge in [0, 0.05) is 13.6 Å². The molecule has 5 heteroatoms. The summed E-state index contributed by atoms with van der Waals surface area (Å²) >= 11 is 0. The van der Waals surface area contributed by atoms with Crippen molar-refractivity contribution >= 4 is 11.7 Å². The molecule has 2 aliphatic carbocycles. The Balaban J connectivity index is 1.97. The normalized spacial score (nSPS) is 23.7. The van der Waals surface area contributed by atoms with Crippen molar-refractivity contribution in [2.24, 2.45) is 22.2 Å². The monoisotopic (exact) mass is 267 g/mol. The Bertz CT molecular complexity index is 358. The summed E-state index contributed by atoms with van der Waals surface area (Å²) in [5.74, 6) is 0.728. The number of amides is 1. The molecule has 0 spiro atoms. The summed E-state index contributed by atoms with van der Waals surface area (Å²) in [4.78, 5) is 14.4. The molecule has 2 fully saturated rings. The van der Waals surface area contributed by atoms with Crippen LogP contribution in [0.1, 0.15) is 51.4 Å². The van der Waals surface area contributed by atoms with E-state index < -0.39 is 5.41 Å². The maximum absolute atomic E-state index is 12.6. The smallest absolute Gasteiger partial charge is 0.236 e. The van der Waals surface area contributed by atoms with Gasteiger partial charge in [0.25, 0.3) is 0 Å². The standard InChI is InChI=1S/C14H25N3O2/c1-17(10-11-6-3-2-4-7-11)13(18)14(8-5-9-14)12(15)16-19/h11,19H,2-10H2,1H3,(H2,15,16). The number of rotatable bonds is 4. The summed E-state index contributed by atoms with van der Waals surface area (Å²) in [6.45, 7) is 0.805. The van der Waals surface area contributed by atoms with Crippen molar-refractivity contribution in [3.63, 3.8) is 0 Å². The molecule has 108 valence electrons. The lowest BCUT2D eigenvalue weighted by molar-refractivity contribution is -0.141. The molecule has 1 amide bonds. The van der Waals surface area contributed by atoms with E-state index in [-0.39, 0.29) is 11.7 Å². The molecule has 0 radical (unpaired) electrons. The fourth-order valence-corrected chi connectivity index (χ4v) is 3.41. The first-order valence-corrected chi connectivity index (χ1v) is 7.34. The van der Waals surface area contributed by atoms with E-state index >= 15 is 0 Å². The highest BCUT2D eigenvalue weighted by Crippen LogP contribution is 2.42. The van der Waals surface area contributed by atoms with Gasteiger partial charge in [-0.1, -0.05) is 30.8 Å². The number of carbonyl (C=O) groups excluding carboxylic acids is 1. The van der Waals surface area contributed by atoms with Crippen molar-refractivity contribution in [2.45, 2.75) is 51.4 Å². The van der Waals surface area contributed by atoms with Gasteiger partial charge in [0.2, 0.25) is 5.91 Å². The zero-order valence-corrected chi connectivity index (χ0v) is 11.8. The van der Waals surface area contributed by atoms with E-state index in [1.165, 1.54) is 32.1 Å². The Labute approximate surface area is 114 Å². The van der Waals surface area contributed by atoms with Crippen molar-refractivity contribution in [1.82, 2.24) is 4.90 Å². The van der Waals surface area contributed by atoms with Crippen molar-refractivity contribution in [3.05, 3.63) is 0 Å². The Kier molecular flexibility index (Phi) is 4.32. The second-order valence-corrected chi connectivity index (χ2v) is 6.11. The summed E-state index contributed by atoms with van der Waals surface area (Å²) < 4.78 is 0. The largest absolute Gasteiger partial charge is 0.409 e. The predicted octanol–water partition coefficient (Wildman–Crippen LogP) is 1.94.